The van der Waals surface area contributed by atoms with E-state index in [1.54, 1.807) is 0 Å². The van der Waals surface area contributed by atoms with E-state index >= 15 is 0 Å². The third-order valence-corrected chi connectivity index (χ3v) is 5.43. The lowest BCUT2D eigenvalue weighted by molar-refractivity contribution is 0.0764. The number of hydrogen-bond acceptors (Lipinski definition) is 6. The molecule has 32 heavy (non-hydrogen) atoms. The molecular weight excluding hydrogens is 448 g/mol. The predicted molar refractivity (Wildman–Crippen MR) is 114 cm³/mol. The van der Waals surface area contributed by atoms with Crippen LogP contribution < -0.4 is 16.2 Å². The summed E-state index contributed by atoms with van der Waals surface area (Å²) in [6.07, 6.45) is 1.07. The minimum absolute atomic E-state index is 0.314. The molecule has 1 aromatic heterocycles. The van der Waals surface area contributed by atoms with Crippen LogP contribution in [0.1, 0.15) is 26.4 Å². The molecule has 3 N–H and O–H groups in total. The van der Waals surface area contributed by atoms with E-state index in [9.17, 15) is 28.3 Å². The van der Waals surface area contributed by atoms with Crippen LogP contribution in [0.5, 0.6) is 5.75 Å². The molecule has 0 unspecified atom stereocenters. The van der Waals surface area contributed by atoms with Gasteiger partial charge in [0.2, 0.25) is 5.43 Å². The van der Waals surface area contributed by atoms with Gasteiger partial charge in [-0.1, -0.05) is 11.6 Å². The number of rotatable bonds is 3. The molecule has 9 nitrogen and oxygen atoms in total. The van der Waals surface area contributed by atoms with Gasteiger partial charge in [0, 0.05) is 51.5 Å². The van der Waals surface area contributed by atoms with Gasteiger partial charge in [-0.2, -0.15) is 0 Å². The number of halogens is 3. The van der Waals surface area contributed by atoms with Crippen LogP contribution >= 0.6 is 11.6 Å². The highest BCUT2D eigenvalue weighted by Gasteiger charge is 2.27. The zero-order chi connectivity index (χ0) is 23.6. The number of amides is 2. The van der Waals surface area contributed by atoms with Crippen molar-refractivity contribution in [3.8, 4) is 5.75 Å². The maximum absolute atomic E-state index is 14.1. The molecule has 0 saturated heterocycles. The summed E-state index contributed by atoms with van der Waals surface area (Å²) in [6, 6.07) is 1.99. The third kappa shape index (κ3) is 4.68. The summed E-state index contributed by atoms with van der Waals surface area (Å²) < 4.78 is 29.1. The Bertz CT molecular complexity index is 1120. The summed E-state index contributed by atoms with van der Waals surface area (Å²) in [5.74, 6) is -4.46. The van der Waals surface area contributed by atoms with E-state index in [4.69, 9.17) is 11.6 Å². The number of fused-ring (bicyclic) bond motifs is 1. The van der Waals surface area contributed by atoms with Crippen molar-refractivity contribution in [3.05, 3.63) is 62.0 Å². The maximum Gasteiger partial charge on any atom is 0.276 e. The van der Waals surface area contributed by atoms with E-state index in [0.29, 0.717) is 26.2 Å². The molecule has 2 amide bonds. The Morgan fingerprint density at radius 2 is 1.94 bits per heavy atom. The monoisotopic (exact) mass is 469 g/mol. The number of aromatic hydroxyl groups is 1. The van der Waals surface area contributed by atoms with Crippen molar-refractivity contribution >= 4 is 23.4 Å². The lowest BCUT2D eigenvalue weighted by atomic mass is 10.1. The molecule has 1 aromatic carbocycles. The summed E-state index contributed by atoms with van der Waals surface area (Å²) in [5, 5.41) is 12.4. The fourth-order valence-electron chi connectivity index (χ4n) is 3.16. The molecule has 3 rings (SSSR count). The molecule has 0 saturated carbocycles. The predicted octanol–water partition coefficient (Wildman–Crippen LogP) is 0.976. The lowest BCUT2D eigenvalue weighted by Gasteiger charge is -2.27. The smallest absolute Gasteiger partial charge is 0.276 e. The average Bonchev–Trinajstić information content (AvgIpc) is 2.76. The fourth-order valence-corrected chi connectivity index (χ4v) is 3.34. The molecule has 0 radical (unpaired) electrons. The largest absolute Gasteiger partial charge is 0.502 e. The van der Waals surface area contributed by atoms with E-state index in [0.717, 1.165) is 23.0 Å². The molecule has 12 heteroatoms. The van der Waals surface area contributed by atoms with Crippen LogP contribution in [-0.2, 0) is 6.54 Å². The first-order valence-corrected chi connectivity index (χ1v) is 10.1. The number of benzene rings is 1. The Hall–Kier alpha value is -3.18. The fraction of sp³-hybridized carbons (Fsp3) is 0.350. The van der Waals surface area contributed by atoms with Gasteiger partial charge in [-0.25, -0.2) is 8.78 Å². The van der Waals surface area contributed by atoms with Gasteiger partial charge < -0.3 is 25.6 Å². The average molecular weight is 470 g/mol. The zero-order valence-corrected chi connectivity index (χ0v) is 18.2. The number of aromatic nitrogens is 1. The van der Waals surface area contributed by atoms with Gasteiger partial charge in [0.25, 0.3) is 11.8 Å². The summed E-state index contributed by atoms with van der Waals surface area (Å²) in [4.78, 5) is 41.4. The van der Waals surface area contributed by atoms with Gasteiger partial charge in [0.15, 0.2) is 11.4 Å². The molecule has 2 aromatic rings. The number of pyridine rings is 1. The second-order valence-corrected chi connectivity index (χ2v) is 7.79. The van der Waals surface area contributed by atoms with E-state index < -0.39 is 52.3 Å². The summed E-state index contributed by atoms with van der Waals surface area (Å²) in [5.41, 5.74) is 0.498. The SMILES string of the molecule is CN1CCNn2cc(C(=O)NCc3c(F)ccc(Cl)c3F)c(=O)c(O)c2C(=O)N(C)CC1. The Balaban J connectivity index is 1.95. The van der Waals surface area contributed by atoms with E-state index in [1.165, 1.54) is 11.9 Å². The Labute approximate surface area is 187 Å². The minimum Gasteiger partial charge on any atom is -0.502 e. The Kier molecular flexibility index (Phi) is 6.99. The highest BCUT2D eigenvalue weighted by atomic mass is 35.5. The number of nitrogens with zero attached hydrogens (tertiary/aromatic N) is 3. The van der Waals surface area contributed by atoms with E-state index in [2.05, 4.69) is 10.7 Å². The molecule has 1 aliphatic heterocycles. The highest BCUT2D eigenvalue weighted by Crippen LogP contribution is 2.21. The molecule has 0 atom stereocenters. The second-order valence-electron chi connectivity index (χ2n) is 7.38. The Morgan fingerprint density at radius 3 is 2.66 bits per heavy atom. The van der Waals surface area contributed by atoms with Crippen molar-refractivity contribution < 1.29 is 23.5 Å². The van der Waals surface area contributed by atoms with Crippen LogP contribution in [0.3, 0.4) is 0 Å². The highest BCUT2D eigenvalue weighted by molar-refractivity contribution is 6.30. The number of nitrogens with one attached hydrogen (secondary N) is 2. The van der Waals surface area contributed by atoms with Crippen molar-refractivity contribution in [2.24, 2.45) is 0 Å². The number of carbonyl (C=O) groups excluding carboxylic acids is 2. The summed E-state index contributed by atoms with van der Waals surface area (Å²) >= 11 is 5.64. The first kappa shape index (κ1) is 23.5. The van der Waals surface area contributed by atoms with E-state index in [1.807, 2.05) is 11.9 Å². The van der Waals surface area contributed by atoms with Crippen molar-refractivity contribution in [2.45, 2.75) is 6.54 Å². The van der Waals surface area contributed by atoms with Crippen LogP contribution in [-0.4, -0.2) is 71.7 Å². The van der Waals surface area contributed by atoms with Crippen molar-refractivity contribution in [1.29, 1.82) is 0 Å². The van der Waals surface area contributed by atoms with Crippen LogP contribution in [0.4, 0.5) is 8.78 Å². The van der Waals surface area contributed by atoms with Crippen LogP contribution in [0.15, 0.2) is 23.1 Å². The molecular formula is C20H22ClF2N5O4. The lowest BCUT2D eigenvalue weighted by Crippen LogP contribution is -2.42. The first-order chi connectivity index (χ1) is 15.1. The van der Waals surface area contributed by atoms with Crippen LogP contribution in [0.25, 0.3) is 0 Å². The van der Waals surface area contributed by atoms with Gasteiger partial charge in [-0.05, 0) is 19.2 Å². The van der Waals surface area contributed by atoms with Crippen molar-refractivity contribution in [2.75, 3.05) is 45.7 Å². The third-order valence-electron chi connectivity index (χ3n) is 5.13. The van der Waals surface area contributed by atoms with Crippen molar-refractivity contribution in [1.82, 2.24) is 19.8 Å². The van der Waals surface area contributed by atoms with Gasteiger partial charge in [-0.15, -0.1) is 0 Å². The quantitative estimate of drug-likeness (QED) is 0.578. The van der Waals surface area contributed by atoms with Gasteiger partial charge in [0.1, 0.15) is 17.2 Å². The first-order valence-electron chi connectivity index (χ1n) is 9.69. The zero-order valence-electron chi connectivity index (χ0n) is 17.4. The van der Waals surface area contributed by atoms with Crippen LogP contribution in [0, 0.1) is 11.6 Å². The van der Waals surface area contributed by atoms with Gasteiger partial charge in [-0.3, -0.25) is 19.1 Å². The molecule has 0 bridgehead atoms. The van der Waals surface area contributed by atoms with Gasteiger partial charge >= 0.3 is 0 Å². The maximum atomic E-state index is 14.1. The normalized spacial score (nSPS) is 15.2. The molecule has 2 heterocycles. The Morgan fingerprint density at radius 1 is 1.22 bits per heavy atom. The number of hydrogen-bond donors (Lipinski definition) is 3. The molecule has 172 valence electrons. The van der Waals surface area contributed by atoms with Gasteiger partial charge in [0.05, 0.1) is 5.02 Å². The standard InChI is InChI=1S/C20H22ClF2N5O4/c1-26-6-5-25-28-10-12(17(29)18(30)16(28)20(32)27(2)8-7-26)19(31)24-9-11-14(22)4-3-13(21)15(11)23/h3-4,10,25,30H,5-9H2,1-2H3,(H,24,31). The molecule has 1 aliphatic rings. The molecule has 0 spiro atoms. The number of likely N-dealkylation sites (N-methyl/N-ethyl adjacent to an activating group) is 2. The van der Waals surface area contributed by atoms with Crippen LogP contribution in [0.2, 0.25) is 5.02 Å². The summed E-state index contributed by atoms with van der Waals surface area (Å²) in [7, 11) is 3.40. The summed E-state index contributed by atoms with van der Waals surface area (Å²) in [6.45, 7) is 1.30. The topological polar surface area (TPSA) is 107 Å². The number of carbonyl (C=O) groups is 2. The second kappa shape index (κ2) is 9.53. The van der Waals surface area contributed by atoms with E-state index in [-0.39, 0.29) is 10.7 Å². The van der Waals surface area contributed by atoms with Crippen molar-refractivity contribution in [3.63, 3.8) is 0 Å². The minimum atomic E-state index is -1.08. The molecule has 0 fully saturated rings. The molecule has 0 aliphatic carbocycles.